The molecule has 2 aromatic carbocycles. The van der Waals surface area contributed by atoms with Gasteiger partial charge in [-0.3, -0.25) is 9.78 Å². The summed E-state index contributed by atoms with van der Waals surface area (Å²) in [6, 6.07) is 26.6. The standard InChI is InChI=1S/C27H25N5O2S/c1-34-21-12-7-11-20(17-21)31-16-8-14-23(31)26-25(22-13-5-6-15-28-22)30-27(35)32(26)18-24(33)29-19-9-3-2-4-10-19/h2-17,25-26H,18H2,1H3,(H,29,33)(H,30,35). The molecule has 7 nitrogen and oxygen atoms in total. The number of para-hydroxylation sites is 1. The predicted molar refractivity (Wildman–Crippen MR) is 140 cm³/mol. The van der Waals surface area contributed by atoms with Gasteiger partial charge in [-0.2, -0.15) is 0 Å². The summed E-state index contributed by atoms with van der Waals surface area (Å²) >= 11 is 5.73. The van der Waals surface area contributed by atoms with Crippen LogP contribution in [0.1, 0.15) is 23.5 Å². The summed E-state index contributed by atoms with van der Waals surface area (Å²) in [5.41, 5.74) is 3.53. The first kappa shape index (κ1) is 22.6. The monoisotopic (exact) mass is 483 g/mol. The minimum atomic E-state index is -0.264. The van der Waals surface area contributed by atoms with E-state index in [2.05, 4.69) is 26.3 Å². The van der Waals surface area contributed by atoms with Gasteiger partial charge in [-0.15, -0.1) is 0 Å². The zero-order valence-corrected chi connectivity index (χ0v) is 20.0. The Morgan fingerprint density at radius 2 is 1.89 bits per heavy atom. The van der Waals surface area contributed by atoms with Crippen LogP contribution in [0.15, 0.2) is 97.3 Å². The molecule has 1 aliphatic heterocycles. The number of amides is 1. The van der Waals surface area contributed by atoms with Gasteiger partial charge >= 0.3 is 0 Å². The zero-order valence-electron chi connectivity index (χ0n) is 19.2. The number of anilines is 1. The fourth-order valence-electron chi connectivity index (χ4n) is 4.40. The molecule has 3 heterocycles. The van der Waals surface area contributed by atoms with E-state index in [0.29, 0.717) is 5.11 Å². The molecule has 1 saturated heterocycles. The second-order valence-corrected chi connectivity index (χ2v) is 8.56. The van der Waals surface area contributed by atoms with E-state index in [4.69, 9.17) is 17.0 Å². The molecule has 2 unspecified atom stereocenters. The van der Waals surface area contributed by atoms with Crippen molar-refractivity contribution >= 4 is 28.9 Å². The molecule has 2 aromatic heterocycles. The van der Waals surface area contributed by atoms with Crippen molar-refractivity contribution in [3.05, 3.63) is 109 Å². The minimum absolute atomic E-state index is 0.0953. The molecule has 2 N–H and O–H groups in total. The van der Waals surface area contributed by atoms with E-state index >= 15 is 0 Å². The van der Waals surface area contributed by atoms with Crippen LogP contribution >= 0.6 is 12.2 Å². The average molecular weight is 484 g/mol. The molecule has 1 amide bonds. The molecule has 1 aliphatic rings. The zero-order chi connectivity index (χ0) is 24.2. The van der Waals surface area contributed by atoms with Gasteiger partial charge in [0.2, 0.25) is 5.91 Å². The Morgan fingerprint density at radius 1 is 1.06 bits per heavy atom. The molecule has 1 fully saturated rings. The van der Waals surface area contributed by atoms with Gasteiger partial charge in [-0.1, -0.05) is 30.3 Å². The van der Waals surface area contributed by atoms with Crippen LogP contribution in [0.5, 0.6) is 5.75 Å². The van der Waals surface area contributed by atoms with Gasteiger partial charge in [0.05, 0.1) is 24.9 Å². The van der Waals surface area contributed by atoms with Gasteiger partial charge in [0.1, 0.15) is 12.3 Å². The number of hydrogen-bond acceptors (Lipinski definition) is 4. The number of nitrogens with one attached hydrogen (secondary N) is 2. The van der Waals surface area contributed by atoms with Crippen LogP contribution in [0.4, 0.5) is 5.69 Å². The van der Waals surface area contributed by atoms with Gasteiger partial charge in [-0.05, 0) is 60.7 Å². The van der Waals surface area contributed by atoms with E-state index in [9.17, 15) is 4.79 Å². The maximum Gasteiger partial charge on any atom is 0.244 e. The topological polar surface area (TPSA) is 71.4 Å². The summed E-state index contributed by atoms with van der Waals surface area (Å²) in [6.45, 7) is 0.0953. The Hall–Kier alpha value is -4.17. The van der Waals surface area contributed by atoms with Crippen LogP contribution in [0.2, 0.25) is 0 Å². The highest BCUT2D eigenvalue weighted by atomic mass is 32.1. The number of rotatable bonds is 7. The Balaban J connectivity index is 1.52. The van der Waals surface area contributed by atoms with Gasteiger partial charge < -0.3 is 24.8 Å². The van der Waals surface area contributed by atoms with E-state index in [1.54, 1.807) is 13.3 Å². The molecular weight excluding hydrogens is 458 g/mol. The number of carbonyl (C=O) groups excluding carboxylic acids is 1. The number of benzene rings is 2. The summed E-state index contributed by atoms with van der Waals surface area (Å²) in [6.07, 6.45) is 3.77. The van der Waals surface area contributed by atoms with E-state index in [-0.39, 0.29) is 24.5 Å². The lowest BCUT2D eigenvalue weighted by Crippen LogP contribution is -2.37. The number of nitrogens with zero attached hydrogens (tertiary/aromatic N) is 3. The third-order valence-corrected chi connectivity index (χ3v) is 6.34. The lowest BCUT2D eigenvalue weighted by atomic mass is 10.0. The molecule has 0 radical (unpaired) electrons. The van der Waals surface area contributed by atoms with Crippen LogP contribution in [-0.2, 0) is 4.79 Å². The first-order chi connectivity index (χ1) is 17.1. The number of pyridine rings is 1. The molecule has 5 rings (SSSR count). The predicted octanol–water partition coefficient (Wildman–Crippen LogP) is 4.49. The highest BCUT2D eigenvalue weighted by Gasteiger charge is 2.42. The fraction of sp³-hybridized carbons (Fsp3) is 0.148. The number of methoxy groups -OCH3 is 1. The number of aromatic nitrogens is 2. The lowest BCUT2D eigenvalue weighted by molar-refractivity contribution is -0.116. The van der Waals surface area contributed by atoms with Crippen LogP contribution < -0.4 is 15.4 Å². The van der Waals surface area contributed by atoms with Gasteiger partial charge in [0.15, 0.2) is 5.11 Å². The molecule has 0 aliphatic carbocycles. The quantitative estimate of drug-likeness (QED) is 0.378. The van der Waals surface area contributed by atoms with Crippen molar-refractivity contribution in [1.82, 2.24) is 19.8 Å². The van der Waals surface area contributed by atoms with Crippen LogP contribution in [0.25, 0.3) is 5.69 Å². The Labute approximate surface area is 209 Å². The van der Waals surface area contributed by atoms with Crippen molar-refractivity contribution in [2.75, 3.05) is 19.0 Å². The van der Waals surface area contributed by atoms with Crippen LogP contribution in [-0.4, -0.2) is 39.1 Å². The molecule has 2 atom stereocenters. The maximum absolute atomic E-state index is 13.0. The molecular formula is C27H25N5O2S. The van der Waals surface area contributed by atoms with Gasteiger partial charge in [0, 0.05) is 35.5 Å². The Kier molecular flexibility index (Phi) is 6.45. The largest absolute Gasteiger partial charge is 0.497 e. The van der Waals surface area contributed by atoms with E-state index < -0.39 is 0 Å². The lowest BCUT2D eigenvalue weighted by Gasteiger charge is -2.28. The summed E-state index contributed by atoms with van der Waals surface area (Å²) in [5.74, 6) is 0.620. The molecule has 35 heavy (non-hydrogen) atoms. The van der Waals surface area contributed by atoms with E-state index in [0.717, 1.165) is 28.5 Å². The third kappa shape index (κ3) is 4.74. The molecule has 0 bridgehead atoms. The first-order valence-corrected chi connectivity index (χ1v) is 11.7. The molecule has 4 aromatic rings. The van der Waals surface area contributed by atoms with Crippen molar-refractivity contribution in [2.45, 2.75) is 12.1 Å². The van der Waals surface area contributed by atoms with Crippen molar-refractivity contribution in [3.8, 4) is 11.4 Å². The first-order valence-electron chi connectivity index (χ1n) is 11.3. The van der Waals surface area contributed by atoms with Gasteiger partial charge in [0.25, 0.3) is 0 Å². The second-order valence-electron chi connectivity index (χ2n) is 8.17. The number of ether oxygens (including phenoxy) is 1. The van der Waals surface area contributed by atoms with Gasteiger partial charge in [-0.25, -0.2) is 0 Å². The normalized spacial score (nSPS) is 17.2. The number of carbonyl (C=O) groups is 1. The second kappa shape index (κ2) is 9.99. The van der Waals surface area contributed by atoms with Crippen LogP contribution in [0.3, 0.4) is 0 Å². The highest BCUT2D eigenvalue weighted by molar-refractivity contribution is 7.80. The van der Waals surface area contributed by atoms with E-state index in [1.165, 1.54) is 0 Å². The number of thiocarbonyl (C=S) groups is 1. The van der Waals surface area contributed by atoms with Crippen LogP contribution in [0, 0.1) is 0 Å². The smallest absolute Gasteiger partial charge is 0.244 e. The molecule has 0 saturated carbocycles. The fourth-order valence-corrected chi connectivity index (χ4v) is 4.71. The van der Waals surface area contributed by atoms with E-state index in [1.807, 2.05) is 90.0 Å². The maximum atomic E-state index is 13.0. The molecule has 0 spiro atoms. The summed E-state index contributed by atoms with van der Waals surface area (Å²) in [4.78, 5) is 19.5. The molecule has 176 valence electrons. The highest BCUT2D eigenvalue weighted by Crippen LogP contribution is 2.39. The van der Waals surface area contributed by atoms with Crippen molar-refractivity contribution in [2.24, 2.45) is 0 Å². The SMILES string of the molecule is COc1cccc(-n2cccc2C2C(c3ccccn3)NC(=S)N2CC(=O)Nc2ccccc2)c1. The van der Waals surface area contributed by atoms with Crippen molar-refractivity contribution < 1.29 is 9.53 Å². The average Bonchev–Trinajstić information content (AvgIpc) is 3.50. The third-order valence-electron chi connectivity index (χ3n) is 5.98. The molecule has 8 heteroatoms. The summed E-state index contributed by atoms with van der Waals surface area (Å²) < 4.78 is 7.53. The Morgan fingerprint density at radius 3 is 2.66 bits per heavy atom. The minimum Gasteiger partial charge on any atom is -0.497 e. The summed E-state index contributed by atoms with van der Waals surface area (Å²) in [7, 11) is 1.65. The van der Waals surface area contributed by atoms with Crippen molar-refractivity contribution in [3.63, 3.8) is 0 Å². The summed E-state index contributed by atoms with van der Waals surface area (Å²) in [5, 5.41) is 6.88. The van der Waals surface area contributed by atoms with Crippen molar-refractivity contribution in [1.29, 1.82) is 0 Å². The Bertz CT molecular complexity index is 1330. The number of hydrogen-bond donors (Lipinski definition) is 2.